The van der Waals surface area contributed by atoms with Crippen molar-refractivity contribution in [2.24, 2.45) is 5.73 Å². The maximum absolute atomic E-state index is 5.41. The van der Waals surface area contributed by atoms with Crippen LogP contribution >= 0.6 is 24.8 Å². The van der Waals surface area contributed by atoms with Gasteiger partial charge in [0.2, 0.25) is 5.78 Å². The third kappa shape index (κ3) is 2.57. The molecule has 2 N–H and O–H groups in total. The molecule has 0 aliphatic rings. The van der Waals surface area contributed by atoms with Crippen LogP contribution < -0.4 is 5.73 Å². The molecular weight excluding hydrogens is 223 g/mol. The SMILES string of the molecule is Cl.Cl.NCCc1cn2cccnc2n1. The van der Waals surface area contributed by atoms with E-state index in [-0.39, 0.29) is 24.8 Å². The van der Waals surface area contributed by atoms with Gasteiger partial charge in [-0.25, -0.2) is 9.97 Å². The Morgan fingerprint density at radius 1 is 1.36 bits per heavy atom. The lowest BCUT2D eigenvalue weighted by Gasteiger charge is -1.86. The molecule has 14 heavy (non-hydrogen) atoms. The number of hydrogen-bond donors (Lipinski definition) is 1. The van der Waals surface area contributed by atoms with Crippen molar-refractivity contribution in [2.45, 2.75) is 6.42 Å². The van der Waals surface area contributed by atoms with Crippen molar-refractivity contribution in [3.05, 3.63) is 30.4 Å². The second kappa shape index (κ2) is 5.80. The van der Waals surface area contributed by atoms with Crippen molar-refractivity contribution in [3.63, 3.8) is 0 Å². The molecule has 0 fully saturated rings. The fourth-order valence-electron chi connectivity index (χ4n) is 1.15. The minimum atomic E-state index is 0. The molecule has 2 aromatic heterocycles. The average Bonchev–Trinajstić information content (AvgIpc) is 2.47. The quantitative estimate of drug-likeness (QED) is 0.847. The topological polar surface area (TPSA) is 56.2 Å². The fraction of sp³-hybridized carbons (Fsp3) is 0.250. The number of rotatable bonds is 2. The highest BCUT2D eigenvalue weighted by Crippen LogP contribution is 2.01. The largest absolute Gasteiger partial charge is 0.330 e. The Morgan fingerprint density at radius 2 is 2.14 bits per heavy atom. The molecule has 0 radical (unpaired) electrons. The fourth-order valence-corrected chi connectivity index (χ4v) is 1.15. The first-order chi connectivity index (χ1) is 5.90. The van der Waals surface area contributed by atoms with E-state index in [2.05, 4.69) is 9.97 Å². The van der Waals surface area contributed by atoms with E-state index in [4.69, 9.17) is 5.73 Å². The minimum absolute atomic E-state index is 0. The normalized spacial score (nSPS) is 9.21. The zero-order valence-electron chi connectivity index (χ0n) is 7.46. The van der Waals surface area contributed by atoms with Crippen LogP contribution in [0.2, 0.25) is 0 Å². The monoisotopic (exact) mass is 234 g/mol. The maximum atomic E-state index is 5.41. The zero-order chi connectivity index (χ0) is 8.39. The summed E-state index contributed by atoms with van der Waals surface area (Å²) in [6, 6.07) is 1.88. The second-order valence-electron chi connectivity index (χ2n) is 2.60. The van der Waals surface area contributed by atoms with Crippen LogP contribution in [0.5, 0.6) is 0 Å². The van der Waals surface area contributed by atoms with Crippen molar-refractivity contribution in [1.82, 2.24) is 14.4 Å². The van der Waals surface area contributed by atoms with Gasteiger partial charge >= 0.3 is 0 Å². The first-order valence-corrected chi connectivity index (χ1v) is 3.89. The Hall–Kier alpha value is -0.840. The highest BCUT2D eigenvalue weighted by Gasteiger charge is 1.99. The van der Waals surface area contributed by atoms with E-state index in [1.807, 2.05) is 22.9 Å². The highest BCUT2D eigenvalue weighted by atomic mass is 35.5. The molecule has 0 amide bonds. The van der Waals surface area contributed by atoms with E-state index in [1.54, 1.807) is 6.20 Å². The standard InChI is InChI=1S/C8H10N4.2ClH/c9-3-2-7-6-12-5-1-4-10-8(12)11-7;;/h1,4-6H,2-3,9H2;2*1H. The summed E-state index contributed by atoms with van der Waals surface area (Å²) in [6.45, 7) is 0.629. The molecule has 4 nitrogen and oxygen atoms in total. The number of fused-ring (bicyclic) bond motifs is 1. The molecule has 0 aromatic carbocycles. The first kappa shape index (κ1) is 13.2. The van der Waals surface area contributed by atoms with Gasteiger partial charge in [0.05, 0.1) is 5.69 Å². The molecule has 2 rings (SSSR count). The molecule has 0 saturated heterocycles. The van der Waals surface area contributed by atoms with Crippen molar-refractivity contribution in [2.75, 3.05) is 6.54 Å². The molecule has 2 aromatic rings. The summed E-state index contributed by atoms with van der Waals surface area (Å²) in [7, 11) is 0. The number of aromatic nitrogens is 3. The predicted octanol–water partition coefficient (Wildman–Crippen LogP) is 1.07. The maximum Gasteiger partial charge on any atom is 0.233 e. The Morgan fingerprint density at radius 3 is 2.79 bits per heavy atom. The summed E-state index contributed by atoms with van der Waals surface area (Å²) in [5.74, 6) is 0.737. The van der Waals surface area contributed by atoms with E-state index in [0.717, 1.165) is 17.9 Å². The Balaban J connectivity index is 0.000000845. The number of halogens is 2. The highest BCUT2D eigenvalue weighted by molar-refractivity contribution is 5.85. The molecule has 0 aliphatic heterocycles. The summed E-state index contributed by atoms with van der Waals surface area (Å²) in [5, 5.41) is 0. The molecule has 0 spiro atoms. The van der Waals surface area contributed by atoms with Gasteiger partial charge in [-0.15, -0.1) is 24.8 Å². The summed E-state index contributed by atoms with van der Waals surface area (Å²) in [4.78, 5) is 8.37. The lowest BCUT2D eigenvalue weighted by Crippen LogP contribution is -2.02. The summed E-state index contributed by atoms with van der Waals surface area (Å²) >= 11 is 0. The van der Waals surface area contributed by atoms with Gasteiger partial charge in [0.15, 0.2) is 0 Å². The minimum Gasteiger partial charge on any atom is -0.330 e. The molecule has 0 atom stereocenters. The zero-order valence-corrected chi connectivity index (χ0v) is 9.09. The Bertz CT molecular complexity index is 354. The van der Waals surface area contributed by atoms with Crippen molar-refractivity contribution >= 4 is 30.6 Å². The Kier molecular flexibility index (Phi) is 5.45. The molecule has 6 heteroatoms. The molecule has 0 bridgehead atoms. The van der Waals surface area contributed by atoms with Crippen LogP contribution in [0.4, 0.5) is 0 Å². The van der Waals surface area contributed by atoms with Crippen LogP contribution in [-0.4, -0.2) is 20.9 Å². The van der Waals surface area contributed by atoms with E-state index in [0.29, 0.717) is 6.54 Å². The molecule has 78 valence electrons. The van der Waals surface area contributed by atoms with Crippen molar-refractivity contribution in [3.8, 4) is 0 Å². The van der Waals surface area contributed by atoms with Crippen molar-refractivity contribution in [1.29, 1.82) is 0 Å². The molecule has 2 heterocycles. The van der Waals surface area contributed by atoms with Gasteiger partial charge in [-0.3, -0.25) is 4.40 Å². The van der Waals surface area contributed by atoms with Gasteiger partial charge in [0, 0.05) is 25.0 Å². The third-order valence-electron chi connectivity index (χ3n) is 1.69. The number of nitrogens with two attached hydrogens (primary N) is 1. The first-order valence-electron chi connectivity index (χ1n) is 3.89. The van der Waals surface area contributed by atoms with Gasteiger partial charge in [0.1, 0.15) is 0 Å². The van der Waals surface area contributed by atoms with Gasteiger partial charge < -0.3 is 5.73 Å². The van der Waals surface area contributed by atoms with E-state index in [9.17, 15) is 0 Å². The number of imidazole rings is 1. The van der Waals surface area contributed by atoms with E-state index >= 15 is 0 Å². The van der Waals surface area contributed by atoms with Crippen LogP contribution in [0.25, 0.3) is 5.78 Å². The molecule has 0 unspecified atom stereocenters. The van der Waals surface area contributed by atoms with Gasteiger partial charge in [0.25, 0.3) is 0 Å². The average molecular weight is 235 g/mol. The van der Waals surface area contributed by atoms with Crippen LogP contribution in [0.1, 0.15) is 5.69 Å². The van der Waals surface area contributed by atoms with Crippen LogP contribution in [0.15, 0.2) is 24.7 Å². The lowest BCUT2D eigenvalue weighted by molar-refractivity contribution is 0.936. The summed E-state index contributed by atoms with van der Waals surface area (Å²) < 4.78 is 1.89. The number of nitrogens with zero attached hydrogens (tertiary/aromatic N) is 3. The molecular formula is C8H12Cl2N4. The second-order valence-corrected chi connectivity index (χ2v) is 2.60. The van der Waals surface area contributed by atoms with E-state index < -0.39 is 0 Å². The van der Waals surface area contributed by atoms with Crippen LogP contribution in [0, 0.1) is 0 Å². The molecule has 0 aliphatic carbocycles. The number of hydrogen-bond acceptors (Lipinski definition) is 3. The smallest absolute Gasteiger partial charge is 0.233 e. The molecule has 0 saturated carbocycles. The van der Waals surface area contributed by atoms with Gasteiger partial charge in [-0.2, -0.15) is 0 Å². The Labute approximate surface area is 94.4 Å². The lowest BCUT2D eigenvalue weighted by atomic mass is 10.3. The summed E-state index contributed by atoms with van der Waals surface area (Å²) in [6.07, 6.45) is 6.42. The van der Waals surface area contributed by atoms with E-state index in [1.165, 1.54) is 0 Å². The van der Waals surface area contributed by atoms with Gasteiger partial charge in [-0.1, -0.05) is 0 Å². The third-order valence-corrected chi connectivity index (χ3v) is 1.69. The van der Waals surface area contributed by atoms with Gasteiger partial charge in [-0.05, 0) is 12.6 Å². The van der Waals surface area contributed by atoms with Crippen LogP contribution in [-0.2, 0) is 6.42 Å². The predicted molar refractivity (Wildman–Crippen MR) is 60.2 cm³/mol. The van der Waals surface area contributed by atoms with Crippen molar-refractivity contribution < 1.29 is 0 Å². The van der Waals surface area contributed by atoms with Crippen LogP contribution in [0.3, 0.4) is 0 Å². The summed E-state index contributed by atoms with van der Waals surface area (Å²) in [5.41, 5.74) is 6.41.